The number of nitrogen functional groups attached to an aromatic ring is 1. The number of methoxy groups -OCH3 is 1. The van der Waals surface area contributed by atoms with E-state index in [1.165, 1.54) is 6.33 Å². The van der Waals surface area contributed by atoms with Crippen LogP contribution in [0.15, 0.2) is 60.9 Å². The number of rotatable bonds is 6. The van der Waals surface area contributed by atoms with E-state index in [0.29, 0.717) is 17.6 Å². The van der Waals surface area contributed by atoms with Crippen molar-refractivity contribution in [3.8, 4) is 22.8 Å². The van der Waals surface area contributed by atoms with E-state index >= 15 is 0 Å². The molecule has 0 radical (unpaired) electrons. The highest BCUT2D eigenvalue weighted by atomic mass is 33.1. The number of benzene rings is 2. The highest BCUT2D eigenvalue weighted by molar-refractivity contribution is 8.77. The van der Waals surface area contributed by atoms with Gasteiger partial charge in [-0.25, -0.2) is 14.6 Å². The molecule has 7 nitrogen and oxygen atoms in total. The van der Waals surface area contributed by atoms with Gasteiger partial charge in [-0.15, -0.1) is 0 Å². The summed E-state index contributed by atoms with van der Waals surface area (Å²) in [5, 5.41) is 5.94. The maximum absolute atomic E-state index is 6.24. The number of aromatic nitrogens is 4. The smallest absolute Gasteiger partial charge is 0.164 e. The van der Waals surface area contributed by atoms with Gasteiger partial charge in [-0.1, -0.05) is 39.8 Å². The van der Waals surface area contributed by atoms with Crippen molar-refractivity contribution < 1.29 is 9.47 Å². The van der Waals surface area contributed by atoms with Crippen LogP contribution in [0.2, 0.25) is 0 Å². The molecule has 9 heteroatoms. The fourth-order valence-electron chi connectivity index (χ4n) is 3.57. The van der Waals surface area contributed by atoms with Crippen molar-refractivity contribution in [2.75, 3.05) is 18.6 Å². The van der Waals surface area contributed by atoms with Crippen LogP contribution in [0, 0.1) is 0 Å². The second kappa shape index (κ2) is 8.78. The first-order valence-corrected chi connectivity index (χ1v) is 12.2. The Hall–Kier alpha value is -2.75. The van der Waals surface area contributed by atoms with Crippen LogP contribution in [0.25, 0.3) is 22.3 Å². The van der Waals surface area contributed by atoms with Crippen LogP contribution in [-0.4, -0.2) is 44.0 Å². The summed E-state index contributed by atoms with van der Waals surface area (Å²) in [7, 11) is 5.42. The second-order valence-electron chi connectivity index (χ2n) is 7.12. The molecule has 2 N–H and O–H groups in total. The van der Waals surface area contributed by atoms with Crippen molar-refractivity contribution in [3.05, 3.63) is 60.9 Å². The van der Waals surface area contributed by atoms with Crippen LogP contribution < -0.4 is 10.5 Å². The van der Waals surface area contributed by atoms with E-state index in [0.717, 1.165) is 39.5 Å². The summed E-state index contributed by atoms with van der Waals surface area (Å²) in [6.45, 7) is 0.693. The SMILES string of the molecule is COC1CSSC1Cn1nc(-c2ccc(Oc3ccccc3)cc2)c2c(N)ncnc21. The normalized spacial score (nSPS) is 18.5. The summed E-state index contributed by atoms with van der Waals surface area (Å²) in [5.74, 6) is 2.94. The van der Waals surface area contributed by atoms with Crippen LogP contribution in [0.4, 0.5) is 5.82 Å². The monoisotopic (exact) mass is 451 g/mol. The van der Waals surface area contributed by atoms with E-state index < -0.39 is 0 Å². The number of hydrogen-bond acceptors (Lipinski definition) is 8. The molecule has 1 saturated heterocycles. The number of para-hydroxylation sites is 1. The third kappa shape index (κ3) is 4.08. The topological polar surface area (TPSA) is 88.1 Å². The molecule has 1 aliphatic heterocycles. The molecule has 2 unspecified atom stereocenters. The molecule has 3 heterocycles. The number of hydrogen-bond donors (Lipinski definition) is 1. The van der Waals surface area contributed by atoms with Crippen LogP contribution in [0.3, 0.4) is 0 Å². The molecule has 0 amide bonds. The summed E-state index contributed by atoms with van der Waals surface area (Å²) < 4.78 is 13.5. The lowest BCUT2D eigenvalue weighted by atomic mass is 10.1. The lowest BCUT2D eigenvalue weighted by molar-refractivity contribution is 0.117. The van der Waals surface area contributed by atoms with E-state index in [1.807, 2.05) is 80.9 Å². The molecule has 0 saturated carbocycles. The summed E-state index contributed by atoms with van der Waals surface area (Å²) in [6, 6.07) is 17.5. The average molecular weight is 452 g/mol. The minimum Gasteiger partial charge on any atom is -0.457 e. The largest absolute Gasteiger partial charge is 0.457 e. The molecule has 2 atom stereocenters. The Morgan fingerprint density at radius 2 is 1.84 bits per heavy atom. The van der Waals surface area contributed by atoms with Crippen LogP contribution in [0.5, 0.6) is 11.5 Å². The maximum atomic E-state index is 6.24. The fraction of sp³-hybridized carbons (Fsp3) is 0.227. The Labute approximate surface area is 187 Å². The first-order chi connectivity index (χ1) is 15.2. The Balaban J connectivity index is 1.48. The molecule has 0 bridgehead atoms. The maximum Gasteiger partial charge on any atom is 0.164 e. The van der Waals surface area contributed by atoms with Gasteiger partial charge in [0, 0.05) is 18.4 Å². The first kappa shape index (κ1) is 20.2. The van der Waals surface area contributed by atoms with Crippen molar-refractivity contribution in [1.29, 1.82) is 0 Å². The van der Waals surface area contributed by atoms with Gasteiger partial charge in [0.05, 0.1) is 23.3 Å². The summed E-state index contributed by atoms with van der Waals surface area (Å²) in [6.07, 6.45) is 1.67. The summed E-state index contributed by atoms with van der Waals surface area (Å²) in [4.78, 5) is 8.68. The Morgan fingerprint density at radius 1 is 1.06 bits per heavy atom. The van der Waals surface area contributed by atoms with Crippen molar-refractivity contribution >= 4 is 38.4 Å². The van der Waals surface area contributed by atoms with E-state index in [-0.39, 0.29) is 6.10 Å². The molecule has 1 fully saturated rings. The number of nitrogens with zero attached hydrogens (tertiary/aromatic N) is 4. The lowest BCUT2D eigenvalue weighted by Gasteiger charge is -2.16. The Bertz CT molecular complexity index is 1180. The van der Waals surface area contributed by atoms with E-state index in [2.05, 4.69) is 9.97 Å². The van der Waals surface area contributed by atoms with Gasteiger partial charge in [0.25, 0.3) is 0 Å². The Morgan fingerprint density at radius 3 is 2.61 bits per heavy atom. The van der Waals surface area contributed by atoms with Crippen molar-refractivity contribution in [1.82, 2.24) is 19.7 Å². The van der Waals surface area contributed by atoms with Crippen LogP contribution >= 0.6 is 21.6 Å². The molecule has 0 spiro atoms. The number of ether oxygens (including phenoxy) is 2. The predicted octanol–water partition coefficient (Wildman–Crippen LogP) is 4.65. The van der Waals surface area contributed by atoms with Crippen LogP contribution in [-0.2, 0) is 11.3 Å². The van der Waals surface area contributed by atoms with E-state index in [1.54, 1.807) is 7.11 Å². The van der Waals surface area contributed by atoms with Crippen molar-refractivity contribution in [2.45, 2.75) is 17.9 Å². The Kier molecular flexibility index (Phi) is 5.71. The second-order valence-corrected chi connectivity index (χ2v) is 9.77. The molecule has 31 heavy (non-hydrogen) atoms. The third-order valence-electron chi connectivity index (χ3n) is 5.16. The van der Waals surface area contributed by atoms with Crippen molar-refractivity contribution in [3.63, 3.8) is 0 Å². The minimum atomic E-state index is 0.186. The molecule has 158 valence electrons. The van der Waals surface area contributed by atoms with Crippen LogP contribution in [0.1, 0.15) is 0 Å². The molecular formula is C22H21N5O2S2. The molecule has 2 aromatic carbocycles. The van der Waals surface area contributed by atoms with Gasteiger partial charge in [0.2, 0.25) is 0 Å². The zero-order valence-electron chi connectivity index (χ0n) is 16.8. The average Bonchev–Trinajstić information content (AvgIpc) is 3.41. The molecule has 5 rings (SSSR count). The van der Waals surface area contributed by atoms with Gasteiger partial charge < -0.3 is 15.2 Å². The number of anilines is 1. The highest BCUT2D eigenvalue weighted by Crippen LogP contribution is 2.41. The van der Waals surface area contributed by atoms with E-state index in [9.17, 15) is 0 Å². The highest BCUT2D eigenvalue weighted by Gasteiger charge is 2.30. The van der Waals surface area contributed by atoms with Crippen molar-refractivity contribution in [2.24, 2.45) is 0 Å². The third-order valence-corrected chi connectivity index (χ3v) is 8.02. The zero-order chi connectivity index (χ0) is 21.2. The van der Waals surface area contributed by atoms with Gasteiger partial charge in [0.15, 0.2) is 5.65 Å². The molecular weight excluding hydrogens is 430 g/mol. The van der Waals surface area contributed by atoms with Gasteiger partial charge in [-0.2, -0.15) is 5.10 Å². The summed E-state index contributed by atoms with van der Waals surface area (Å²) in [5.41, 5.74) is 8.67. The minimum absolute atomic E-state index is 0.186. The number of fused-ring (bicyclic) bond motifs is 1. The zero-order valence-corrected chi connectivity index (χ0v) is 18.5. The molecule has 2 aromatic heterocycles. The number of nitrogens with two attached hydrogens (primary N) is 1. The molecule has 0 aliphatic carbocycles. The van der Waals surface area contributed by atoms with E-state index in [4.69, 9.17) is 20.3 Å². The fourth-order valence-corrected chi connectivity index (χ4v) is 6.69. The predicted molar refractivity (Wildman–Crippen MR) is 126 cm³/mol. The van der Waals surface area contributed by atoms with Gasteiger partial charge in [-0.05, 0) is 36.4 Å². The molecule has 4 aromatic rings. The first-order valence-electron chi connectivity index (χ1n) is 9.84. The molecule has 1 aliphatic rings. The van der Waals surface area contributed by atoms with Gasteiger partial charge in [0.1, 0.15) is 29.3 Å². The summed E-state index contributed by atoms with van der Waals surface area (Å²) >= 11 is 0. The van der Waals surface area contributed by atoms with Gasteiger partial charge >= 0.3 is 0 Å². The quantitative estimate of drug-likeness (QED) is 0.424. The standard InChI is InChI=1S/C22H21N5O2S2/c1-28-17-12-30-31-18(17)11-27-22-19(21(23)24-13-25-22)20(26-27)14-7-9-16(10-8-14)29-15-5-3-2-4-6-15/h2-10,13,17-18H,11-12H2,1H3,(H2,23,24,25). The van der Waals surface area contributed by atoms with Gasteiger partial charge in [-0.3, -0.25) is 0 Å². The lowest BCUT2D eigenvalue weighted by Crippen LogP contribution is -2.27.